The smallest absolute Gasteiger partial charge is 0.246 e. The van der Waals surface area contributed by atoms with Crippen molar-refractivity contribution in [2.24, 2.45) is 22.2 Å². The van der Waals surface area contributed by atoms with Crippen LogP contribution in [0.15, 0.2) is 84.0 Å². The zero-order valence-corrected chi connectivity index (χ0v) is 42.1. The van der Waals surface area contributed by atoms with Crippen molar-refractivity contribution in [2.75, 3.05) is 20.2 Å². The molecule has 14 N–H and O–H groups in total. The maximum atomic E-state index is 15.3. The average Bonchev–Trinajstić information content (AvgIpc) is 3.79. The summed E-state index contributed by atoms with van der Waals surface area (Å²) in [5.41, 5.74) is 18.9. The number of guanidine groups is 1. The number of hydrogen-bond donors (Lipinski definition) is 11. The fraction of sp³-hybridized carbons (Fsp3) is 0.453. The minimum atomic E-state index is -1.74. The van der Waals surface area contributed by atoms with Crippen molar-refractivity contribution in [1.82, 2.24) is 42.2 Å². The van der Waals surface area contributed by atoms with Crippen LogP contribution in [0.1, 0.15) is 93.4 Å². The summed E-state index contributed by atoms with van der Waals surface area (Å²) in [5, 5.41) is 20.5. The third-order valence-electron chi connectivity index (χ3n) is 13.5. The number of primary amides is 1. The first-order valence-corrected chi connectivity index (χ1v) is 25.3. The van der Waals surface area contributed by atoms with Gasteiger partial charge in [-0.3, -0.25) is 43.3 Å². The molecule has 0 radical (unpaired) electrons. The molecule has 6 atom stereocenters. The summed E-state index contributed by atoms with van der Waals surface area (Å²) < 4.78 is 5.66. The third kappa shape index (κ3) is 15.3. The highest BCUT2D eigenvalue weighted by molar-refractivity contribution is 6.00. The van der Waals surface area contributed by atoms with E-state index >= 15 is 4.79 Å². The van der Waals surface area contributed by atoms with E-state index in [1.54, 1.807) is 48.7 Å². The van der Waals surface area contributed by atoms with Crippen molar-refractivity contribution in [3.8, 4) is 5.75 Å². The molecule has 1 saturated heterocycles. The number of H-pyrrole nitrogens is 1. The molecule has 1 aromatic heterocycles. The van der Waals surface area contributed by atoms with E-state index in [0.717, 1.165) is 16.5 Å². The van der Waals surface area contributed by atoms with Gasteiger partial charge in [0.1, 0.15) is 41.5 Å². The van der Waals surface area contributed by atoms with Crippen molar-refractivity contribution in [1.29, 1.82) is 0 Å². The van der Waals surface area contributed by atoms with Crippen molar-refractivity contribution >= 4 is 64.1 Å². The van der Waals surface area contributed by atoms with E-state index in [1.165, 1.54) is 7.11 Å². The molecule has 0 saturated carbocycles. The Bertz CT molecular complexity index is 2670. The first kappa shape index (κ1) is 55.3. The summed E-state index contributed by atoms with van der Waals surface area (Å²) in [7, 11) is 1.54. The molecule has 74 heavy (non-hydrogen) atoms. The van der Waals surface area contributed by atoms with Crippen LogP contribution in [0, 0.1) is 0 Å². The van der Waals surface area contributed by atoms with Gasteiger partial charge in [0.05, 0.1) is 13.5 Å². The standard InChI is InChI=1S/C53H70N12O9/c1-3-4-22-44(66)60-42-29-45(67)57-25-11-10-19-38(46(54)68)61-49(71)41(28-34-31-59-37-18-9-8-17-35(34)37)63-47(69)39(20-13-26-58-52(55)56)62-48(70)40(27-32-14-6-5-7-15-32)64-51(73)53(65-50(42)72)24-23-36-33(30-53)16-12-21-43(36)74-2/h5-9,12,14-18,21,31,38-42,59H,3-4,10-11,13,19-20,22-30H2,1-2H3,(H2,54,68)(H,57,67)(H,60,66)(H,61,71)(H,62,70)(H,63,69)(H,64,73)(H,65,72)(H4,55,56,58)/t38-,39-,40+,41-,42-,53-/m0/s1. The normalized spacial score (nSPS) is 22.6. The van der Waals surface area contributed by atoms with Gasteiger partial charge >= 0.3 is 0 Å². The molecular weight excluding hydrogens is 949 g/mol. The summed E-state index contributed by atoms with van der Waals surface area (Å²) >= 11 is 0. The van der Waals surface area contributed by atoms with Crippen molar-refractivity contribution in [2.45, 2.75) is 133 Å². The van der Waals surface area contributed by atoms with Gasteiger partial charge in [0.25, 0.3) is 0 Å². The Morgan fingerprint density at radius 2 is 1.51 bits per heavy atom. The van der Waals surface area contributed by atoms with Gasteiger partial charge in [-0.25, -0.2) is 0 Å². The van der Waals surface area contributed by atoms with Crippen molar-refractivity contribution in [3.63, 3.8) is 0 Å². The number of unbranched alkanes of at least 4 members (excludes halogenated alkanes) is 1. The van der Waals surface area contributed by atoms with E-state index in [1.807, 2.05) is 37.3 Å². The Labute approximate surface area is 430 Å². The van der Waals surface area contributed by atoms with Crippen molar-refractivity contribution < 1.29 is 43.1 Å². The molecule has 1 aliphatic heterocycles. The second-order valence-electron chi connectivity index (χ2n) is 18.9. The fourth-order valence-electron chi connectivity index (χ4n) is 9.42. The number of hydrogen-bond acceptors (Lipinski definition) is 10. The summed E-state index contributed by atoms with van der Waals surface area (Å²) in [5.74, 6) is -5.23. The molecule has 0 bridgehead atoms. The topological polar surface area (TPSA) is 336 Å². The second kappa shape index (κ2) is 26.6. The van der Waals surface area contributed by atoms with Gasteiger partial charge in [0, 0.05) is 55.9 Å². The number of rotatable bonds is 14. The third-order valence-corrected chi connectivity index (χ3v) is 13.5. The molecule has 3 aromatic carbocycles. The van der Waals surface area contributed by atoms with Crippen molar-refractivity contribution in [3.05, 3.63) is 101 Å². The number of aliphatic imine (C=N–C) groups is 1. The number of nitrogens with zero attached hydrogens (tertiary/aromatic N) is 1. The predicted octanol–water partition coefficient (Wildman–Crippen LogP) is 0.849. The zero-order chi connectivity index (χ0) is 53.2. The molecule has 21 nitrogen and oxygen atoms in total. The molecule has 4 aromatic rings. The molecule has 1 spiro atoms. The number of fused-ring (bicyclic) bond motifs is 2. The molecular formula is C53H70N12O9. The Morgan fingerprint density at radius 3 is 2.26 bits per heavy atom. The van der Waals surface area contributed by atoms with Crippen LogP contribution in [-0.4, -0.2) is 114 Å². The largest absolute Gasteiger partial charge is 0.496 e. The molecule has 8 amide bonds. The summed E-state index contributed by atoms with van der Waals surface area (Å²) in [4.78, 5) is 121. The Kier molecular flexibility index (Phi) is 19.9. The first-order valence-electron chi connectivity index (χ1n) is 25.3. The lowest BCUT2D eigenvalue weighted by atomic mass is 9.76. The highest BCUT2D eigenvalue weighted by Crippen LogP contribution is 2.35. The van der Waals surface area contributed by atoms with Gasteiger partial charge in [0.2, 0.25) is 47.3 Å². The van der Waals surface area contributed by atoms with Crippen LogP contribution >= 0.6 is 0 Å². The number of nitrogens with two attached hydrogens (primary N) is 3. The summed E-state index contributed by atoms with van der Waals surface area (Å²) in [6, 6.07) is 15.1. The van der Waals surface area contributed by atoms with E-state index in [9.17, 15) is 33.6 Å². The Hall–Kier alpha value is -7.97. The van der Waals surface area contributed by atoms with E-state index in [-0.39, 0.29) is 76.8 Å². The monoisotopic (exact) mass is 1020 g/mol. The maximum Gasteiger partial charge on any atom is 0.246 e. The Balaban J connectivity index is 1.42. The second-order valence-corrected chi connectivity index (χ2v) is 18.9. The number of ether oxygens (including phenoxy) is 1. The number of aromatic nitrogens is 1. The lowest BCUT2D eigenvalue weighted by molar-refractivity contribution is -0.139. The average molecular weight is 1020 g/mol. The van der Waals surface area contributed by atoms with Gasteiger partial charge in [-0.15, -0.1) is 0 Å². The number of methoxy groups -OCH3 is 1. The highest BCUT2D eigenvalue weighted by Gasteiger charge is 2.46. The number of benzene rings is 3. The molecule has 2 aliphatic rings. The maximum absolute atomic E-state index is 15.3. The molecule has 6 rings (SSSR count). The van der Waals surface area contributed by atoms with E-state index in [0.29, 0.717) is 48.1 Å². The molecule has 396 valence electrons. The lowest BCUT2D eigenvalue weighted by Gasteiger charge is -2.39. The van der Waals surface area contributed by atoms with E-state index in [2.05, 4.69) is 47.2 Å². The molecule has 0 unspecified atom stereocenters. The molecule has 21 heteroatoms. The van der Waals surface area contributed by atoms with Crippen LogP contribution in [-0.2, 0) is 64.0 Å². The van der Waals surface area contributed by atoms with Gasteiger partial charge in [-0.1, -0.05) is 74.0 Å². The lowest BCUT2D eigenvalue weighted by Crippen LogP contribution is -2.67. The Morgan fingerprint density at radius 1 is 0.797 bits per heavy atom. The fourth-order valence-corrected chi connectivity index (χ4v) is 9.42. The predicted molar refractivity (Wildman–Crippen MR) is 278 cm³/mol. The van der Waals surface area contributed by atoms with Crippen LogP contribution in [0.5, 0.6) is 5.75 Å². The molecule has 2 heterocycles. The quantitative estimate of drug-likeness (QED) is 0.0478. The number of carbonyl (C=O) groups is 8. The van der Waals surface area contributed by atoms with E-state index in [4.69, 9.17) is 21.9 Å². The zero-order valence-electron chi connectivity index (χ0n) is 42.1. The molecule has 1 fully saturated rings. The highest BCUT2D eigenvalue weighted by atomic mass is 16.5. The van der Waals surface area contributed by atoms with Crippen LogP contribution in [0.3, 0.4) is 0 Å². The minimum absolute atomic E-state index is 0.0254. The molecule has 1 aliphatic carbocycles. The van der Waals surface area contributed by atoms with Crippen LogP contribution in [0.4, 0.5) is 0 Å². The van der Waals surface area contributed by atoms with Gasteiger partial charge in [-0.05, 0) is 85.8 Å². The first-order chi connectivity index (χ1) is 35.6. The number of nitrogens with one attached hydrogen (secondary N) is 8. The van der Waals surface area contributed by atoms with Crippen LogP contribution in [0.2, 0.25) is 0 Å². The van der Waals surface area contributed by atoms with Gasteiger partial charge < -0.3 is 64.1 Å². The van der Waals surface area contributed by atoms with Gasteiger partial charge in [-0.2, -0.15) is 0 Å². The van der Waals surface area contributed by atoms with E-state index < -0.39 is 89.4 Å². The van der Waals surface area contributed by atoms with Gasteiger partial charge in [0.15, 0.2) is 5.96 Å². The summed E-state index contributed by atoms with van der Waals surface area (Å²) in [6.45, 7) is 2.10. The van der Waals surface area contributed by atoms with Crippen LogP contribution in [0.25, 0.3) is 10.9 Å². The SMILES string of the molecule is CCCCC(=O)N[C@H]1CC(=O)NCCCC[C@@H](C(N)=O)NC(=O)[C@H](Cc2c[nH]c3ccccc23)NC(=O)[C@H](CCCN=C(N)N)NC(=O)[C@@H](Cc2ccccc2)NC(=O)[C@@]2(CCc3c(cccc3OC)C2)NC1=O. The number of aromatic amines is 1. The number of para-hydroxylation sites is 1. The number of carbonyl (C=O) groups excluding carboxylic acids is 8. The number of amides is 8. The van der Waals surface area contributed by atoms with Crippen LogP contribution < -0.4 is 59.2 Å². The summed E-state index contributed by atoms with van der Waals surface area (Å²) in [6.07, 6.45) is 3.58. The minimum Gasteiger partial charge on any atom is -0.496 e.